The molecular formula is C9H12O2. The maximum atomic E-state index is 11.0. The molecule has 60 valence electrons. The highest BCUT2D eigenvalue weighted by atomic mass is 16.5. The lowest BCUT2D eigenvalue weighted by Crippen LogP contribution is -2.07. The van der Waals surface area contributed by atoms with Gasteiger partial charge in [-0.05, 0) is 19.3 Å². The van der Waals surface area contributed by atoms with Gasteiger partial charge in [-0.25, -0.2) is 4.79 Å². The molecule has 0 aromatic heterocycles. The van der Waals surface area contributed by atoms with E-state index in [4.69, 9.17) is 0 Å². The zero-order valence-corrected chi connectivity index (χ0v) is 6.72. The minimum absolute atomic E-state index is 0.197. The largest absolute Gasteiger partial charge is 0.466 e. The monoisotopic (exact) mass is 152 g/mol. The van der Waals surface area contributed by atoms with Gasteiger partial charge in [-0.2, -0.15) is 0 Å². The Morgan fingerprint density at radius 1 is 1.64 bits per heavy atom. The average Bonchev–Trinajstić information content (AvgIpc) is 2.05. The summed E-state index contributed by atoms with van der Waals surface area (Å²) in [5.74, 6) is -0.197. The molecule has 1 aliphatic carbocycles. The molecule has 0 saturated heterocycles. The van der Waals surface area contributed by atoms with Crippen molar-refractivity contribution in [1.82, 2.24) is 0 Å². The van der Waals surface area contributed by atoms with Gasteiger partial charge in [0.05, 0.1) is 7.11 Å². The second-order valence-corrected chi connectivity index (χ2v) is 2.68. The summed E-state index contributed by atoms with van der Waals surface area (Å²) < 4.78 is 4.59. The summed E-state index contributed by atoms with van der Waals surface area (Å²) in [5, 5.41) is 0. The van der Waals surface area contributed by atoms with Gasteiger partial charge in [0.15, 0.2) is 0 Å². The van der Waals surface area contributed by atoms with Crippen LogP contribution in [0.3, 0.4) is 0 Å². The van der Waals surface area contributed by atoms with Crippen molar-refractivity contribution in [3.05, 3.63) is 23.8 Å². The summed E-state index contributed by atoms with van der Waals surface area (Å²) >= 11 is 0. The first-order chi connectivity index (χ1) is 5.24. The summed E-state index contributed by atoms with van der Waals surface area (Å²) in [6.07, 6.45) is 4.43. The lowest BCUT2D eigenvalue weighted by molar-refractivity contribution is -0.136. The van der Waals surface area contributed by atoms with E-state index in [2.05, 4.69) is 11.3 Å². The van der Waals surface area contributed by atoms with E-state index in [0.29, 0.717) is 0 Å². The van der Waals surface area contributed by atoms with Gasteiger partial charge in [0.2, 0.25) is 0 Å². The van der Waals surface area contributed by atoms with Gasteiger partial charge in [0.1, 0.15) is 0 Å². The van der Waals surface area contributed by atoms with Crippen molar-refractivity contribution in [3.63, 3.8) is 0 Å². The van der Waals surface area contributed by atoms with Crippen molar-refractivity contribution < 1.29 is 9.53 Å². The van der Waals surface area contributed by atoms with Crippen molar-refractivity contribution in [2.75, 3.05) is 7.11 Å². The van der Waals surface area contributed by atoms with Crippen molar-refractivity contribution in [1.29, 1.82) is 0 Å². The lowest BCUT2D eigenvalue weighted by Gasteiger charge is -2.11. The molecule has 11 heavy (non-hydrogen) atoms. The van der Waals surface area contributed by atoms with E-state index in [0.717, 1.165) is 24.8 Å². The molecule has 0 N–H and O–H groups in total. The van der Waals surface area contributed by atoms with Crippen LogP contribution in [0.5, 0.6) is 0 Å². The minimum atomic E-state index is -0.197. The number of ether oxygens (including phenoxy) is 1. The van der Waals surface area contributed by atoms with Crippen LogP contribution in [0.1, 0.15) is 19.3 Å². The summed E-state index contributed by atoms with van der Waals surface area (Å²) in [7, 11) is 1.41. The summed E-state index contributed by atoms with van der Waals surface area (Å²) in [6.45, 7) is 3.84. The molecule has 0 unspecified atom stereocenters. The van der Waals surface area contributed by atoms with Gasteiger partial charge in [0, 0.05) is 5.57 Å². The Balaban J connectivity index is 2.61. The Bertz CT molecular complexity index is 214. The SMILES string of the molecule is C=C1CC=C(C(=O)OC)CC1. The summed E-state index contributed by atoms with van der Waals surface area (Å²) in [6, 6.07) is 0. The number of hydrogen-bond donors (Lipinski definition) is 0. The van der Waals surface area contributed by atoms with Gasteiger partial charge in [-0.1, -0.05) is 18.2 Å². The molecule has 0 saturated carbocycles. The Hall–Kier alpha value is -1.05. The zero-order valence-electron chi connectivity index (χ0n) is 6.72. The van der Waals surface area contributed by atoms with Gasteiger partial charge >= 0.3 is 5.97 Å². The van der Waals surface area contributed by atoms with Crippen LogP contribution in [-0.2, 0) is 9.53 Å². The molecule has 0 aromatic carbocycles. The molecule has 0 fully saturated rings. The fourth-order valence-corrected chi connectivity index (χ4v) is 1.10. The van der Waals surface area contributed by atoms with Crippen LogP contribution in [0.15, 0.2) is 23.8 Å². The third-order valence-electron chi connectivity index (χ3n) is 1.83. The Kier molecular flexibility index (Phi) is 2.47. The van der Waals surface area contributed by atoms with E-state index in [1.54, 1.807) is 0 Å². The third-order valence-corrected chi connectivity index (χ3v) is 1.83. The highest BCUT2D eigenvalue weighted by Crippen LogP contribution is 2.21. The van der Waals surface area contributed by atoms with Gasteiger partial charge in [-0.3, -0.25) is 0 Å². The van der Waals surface area contributed by atoms with E-state index in [1.165, 1.54) is 12.7 Å². The number of methoxy groups -OCH3 is 1. The molecule has 0 radical (unpaired) electrons. The van der Waals surface area contributed by atoms with Crippen LogP contribution in [-0.4, -0.2) is 13.1 Å². The highest BCUT2D eigenvalue weighted by Gasteiger charge is 2.13. The third kappa shape index (κ3) is 1.93. The van der Waals surface area contributed by atoms with Crippen molar-refractivity contribution in [2.24, 2.45) is 0 Å². The zero-order chi connectivity index (χ0) is 8.27. The predicted molar refractivity (Wildman–Crippen MR) is 43.1 cm³/mol. The molecule has 0 atom stereocenters. The molecule has 0 amide bonds. The molecule has 2 heteroatoms. The number of carbonyl (C=O) groups is 1. The van der Waals surface area contributed by atoms with Crippen LogP contribution in [0.25, 0.3) is 0 Å². The van der Waals surface area contributed by atoms with E-state index >= 15 is 0 Å². The summed E-state index contributed by atoms with van der Waals surface area (Å²) in [4.78, 5) is 11.0. The molecule has 0 spiro atoms. The standard InChI is InChI=1S/C9H12O2/c1-7-3-5-8(6-4-7)9(10)11-2/h5H,1,3-4,6H2,2H3. The molecule has 0 heterocycles. The van der Waals surface area contributed by atoms with Crippen LogP contribution >= 0.6 is 0 Å². The van der Waals surface area contributed by atoms with Crippen molar-refractivity contribution in [2.45, 2.75) is 19.3 Å². The Morgan fingerprint density at radius 2 is 2.36 bits per heavy atom. The Morgan fingerprint density at radius 3 is 2.82 bits per heavy atom. The molecular weight excluding hydrogens is 140 g/mol. The van der Waals surface area contributed by atoms with Crippen LogP contribution in [0, 0.1) is 0 Å². The fraction of sp³-hybridized carbons (Fsp3) is 0.444. The topological polar surface area (TPSA) is 26.3 Å². The van der Waals surface area contributed by atoms with E-state index in [1.807, 2.05) is 6.08 Å². The van der Waals surface area contributed by atoms with Gasteiger partial charge < -0.3 is 4.74 Å². The lowest BCUT2D eigenvalue weighted by atomic mass is 9.96. The first-order valence-electron chi connectivity index (χ1n) is 3.68. The number of hydrogen-bond acceptors (Lipinski definition) is 2. The Labute approximate surface area is 66.5 Å². The first-order valence-corrected chi connectivity index (χ1v) is 3.68. The fourth-order valence-electron chi connectivity index (χ4n) is 1.10. The van der Waals surface area contributed by atoms with E-state index in [9.17, 15) is 4.79 Å². The highest BCUT2D eigenvalue weighted by molar-refractivity contribution is 5.88. The maximum Gasteiger partial charge on any atom is 0.333 e. The van der Waals surface area contributed by atoms with Crippen LogP contribution in [0.4, 0.5) is 0 Å². The predicted octanol–water partition coefficient (Wildman–Crippen LogP) is 1.83. The minimum Gasteiger partial charge on any atom is -0.466 e. The number of carbonyl (C=O) groups excluding carboxylic acids is 1. The normalized spacial score (nSPS) is 17.5. The second-order valence-electron chi connectivity index (χ2n) is 2.68. The van der Waals surface area contributed by atoms with E-state index in [-0.39, 0.29) is 5.97 Å². The maximum absolute atomic E-state index is 11.0. The van der Waals surface area contributed by atoms with Crippen LogP contribution in [0.2, 0.25) is 0 Å². The molecule has 0 aromatic rings. The van der Waals surface area contributed by atoms with Crippen molar-refractivity contribution in [3.8, 4) is 0 Å². The molecule has 1 aliphatic rings. The number of rotatable bonds is 1. The van der Waals surface area contributed by atoms with Crippen LogP contribution < -0.4 is 0 Å². The van der Waals surface area contributed by atoms with Crippen molar-refractivity contribution >= 4 is 5.97 Å². The number of allylic oxidation sites excluding steroid dienone is 2. The smallest absolute Gasteiger partial charge is 0.333 e. The summed E-state index contributed by atoms with van der Waals surface area (Å²) in [5.41, 5.74) is 1.98. The molecule has 0 bridgehead atoms. The van der Waals surface area contributed by atoms with Gasteiger partial charge in [0.25, 0.3) is 0 Å². The van der Waals surface area contributed by atoms with E-state index < -0.39 is 0 Å². The molecule has 2 nitrogen and oxygen atoms in total. The second kappa shape index (κ2) is 3.37. The number of esters is 1. The molecule has 1 rings (SSSR count). The average molecular weight is 152 g/mol. The quantitative estimate of drug-likeness (QED) is 0.423. The van der Waals surface area contributed by atoms with Gasteiger partial charge in [-0.15, -0.1) is 0 Å². The molecule has 0 aliphatic heterocycles. The first kappa shape index (κ1) is 8.05.